The first-order chi connectivity index (χ1) is 11.0. The van der Waals surface area contributed by atoms with Crippen molar-refractivity contribution in [2.45, 2.75) is 33.2 Å². The second kappa shape index (κ2) is 8.27. The molecule has 2 rings (SSSR count). The van der Waals surface area contributed by atoms with E-state index in [1.165, 1.54) is 11.1 Å². The normalized spacial score (nSPS) is 12.0. The molecule has 0 unspecified atom stereocenters. The molecule has 0 spiro atoms. The molecule has 0 aliphatic rings. The molecule has 0 radical (unpaired) electrons. The van der Waals surface area contributed by atoms with E-state index in [4.69, 9.17) is 0 Å². The van der Waals surface area contributed by atoms with Crippen LogP contribution in [0.4, 0.5) is 5.69 Å². The van der Waals surface area contributed by atoms with Crippen LogP contribution in [0.1, 0.15) is 36.1 Å². The minimum atomic E-state index is -0.0208. The lowest BCUT2D eigenvalue weighted by Crippen LogP contribution is -2.31. The summed E-state index contributed by atoms with van der Waals surface area (Å²) in [6.45, 7) is 6.46. The summed E-state index contributed by atoms with van der Waals surface area (Å²) < 4.78 is 1.06. The lowest BCUT2D eigenvalue weighted by atomic mass is 10.0. The molecule has 1 amide bonds. The fourth-order valence-electron chi connectivity index (χ4n) is 2.56. The molecular weight excluding hydrogens is 352 g/mol. The first kappa shape index (κ1) is 17.7. The van der Waals surface area contributed by atoms with Gasteiger partial charge in [-0.1, -0.05) is 52.7 Å². The van der Waals surface area contributed by atoms with Gasteiger partial charge in [0.05, 0.1) is 6.54 Å². The number of hydrogen-bond donors (Lipinski definition) is 2. The van der Waals surface area contributed by atoms with Gasteiger partial charge >= 0.3 is 0 Å². The predicted molar refractivity (Wildman–Crippen MR) is 99.7 cm³/mol. The first-order valence-corrected chi connectivity index (χ1v) is 8.65. The highest BCUT2D eigenvalue weighted by Gasteiger charge is 2.11. The van der Waals surface area contributed by atoms with Crippen LogP contribution in [0.15, 0.2) is 46.9 Å². The van der Waals surface area contributed by atoms with E-state index in [2.05, 4.69) is 51.7 Å². The van der Waals surface area contributed by atoms with Gasteiger partial charge < -0.3 is 10.6 Å². The second-order valence-corrected chi connectivity index (χ2v) is 6.68. The van der Waals surface area contributed by atoms with Gasteiger partial charge in [0, 0.05) is 16.2 Å². The van der Waals surface area contributed by atoms with Crippen molar-refractivity contribution in [1.29, 1.82) is 0 Å². The number of nitrogens with one attached hydrogen (secondary N) is 2. The average molecular weight is 375 g/mol. The molecule has 0 heterocycles. The van der Waals surface area contributed by atoms with Crippen molar-refractivity contribution >= 4 is 27.5 Å². The van der Waals surface area contributed by atoms with Gasteiger partial charge in [-0.05, 0) is 49.6 Å². The van der Waals surface area contributed by atoms with Crippen LogP contribution < -0.4 is 10.6 Å². The van der Waals surface area contributed by atoms with Gasteiger partial charge in [0.2, 0.25) is 5.91 Å². The van der Waals surface area contributed by atoms with Gasteiger partial charge in [-0.2, -0.15) is 0 Å². The molecular formula is C19H23BrN2O. The predicted octanol–water partition coefficient (Wildman–Crippen LogP) is 4.75. The Bertz CT molecular complexity index is 668. The van der Waals surface area contributed by atoms with Crippen LogP contribution in [-0.2, 0) is 4.79 Å². The van der Waals surface area contributed by atoms with Crippen molar-refractivity contribution in [3.63, 3.8) is 0 Å². The van der Waals surface area contributed by atoms with Crippen LogP contribution in [0, 0.1) is 13.8 Å². The Labute approximate surface area is 146 Å². The van der Waals surface area contributed by atoms with Crippen molar-refractivity contribution in [3.05, 3.63) is 63.6 Å². The molecule has 1 atom stereocenters. The second-order valence-electron chi connectivity index (χ2n) is 5.76. The summed E-state index contributed by atoms with van der Waals surface area (Å²) in [6, 6.07) is 14.4. The summed E-state index contributed by atoms with van der Waals surface area (Å²) in [6.07, 6.45) is 0.929. The number of benzene rings is 2. The standard InChI is InChI=1S/C19H23BrN2O/c1-4-17(15-6-8-16(20)9-7-15)21-12-19(23)22-18-10-5-13(2)11-14(18)3/h5-11,17,21H,4,12H2,1-3H3,(H,22,23)/t17-/m0/s1. The maximum Gasteiger partial charge on any atom is 0.238 e. The number of hydrogen-bond acceptors (Lipinski definition) is 2. The molecule has 0 saturated heterocycles. The Hall–Kier alpha value is -1.65. The van der Waals surface area contributed by atoms with E-state index in [1.54, 1.807) is 0 Å². The van der Waals surface area contributed by atoms with Crippen molar-refractivity contribution in [2.75, 3.05) is 11.9 Å². The molecule has 3 nitrogen and oxygen atoms in total. The topological polar surface area (TPSA) is 41.1 Å². The van der Waals surface area contributed by atoms with Crippen LogP contribution in [0.5, 0.6) is 0 Å². The van der Waals surface area contributed by atoms with E-state index in [1.807, 2.05) is 38.1 Å². The SMILES string of the molecule is CC[C@H](NCC(=O)Nc1ccc(C)cc1C)c1ccc(Br)cc1. The molecule has 0 fully saturated rings. The summed E-state index contributed by atoms with van der Waals surface area (Å²) >= 11 is 3.44. The Morgan fingerprint density at radius 3 is 2.43 bits per heavy atom. The zero-order valence-corrected chi connectivity index (χ0v) is 15.4. The number of anilines is 1. The lowest BCUT2D eigenvalue weighted by molar-refractivity contribution is -0.115. The largest absolute Gasteiger partial charge is 0.325 e. The Morgan fingerprint density at radius 1 is 1.13 bits per heavy atom. The number of amides is 1. The maximum absolute atomic E-state index is 12.2. The Kier molecular flexibility index (Phi) is 6.37. The first-order valence-electron chi connectivity index (χ1n) is 7.85. The number of rotatable bonds is 6. The van der Waals surface area contributed by atoms with Crippen molar-refractivity contribution in [1.82, 2.24) is 5.32 Å². The highest BCUT2D eigenvalue weighted by molar-refractivity contribution is 9.10. The highest BCUT2D eigenvalue weighted by atomic mass is 79.9. The molecule has 122 valence electrons. The van der Waals surface area contributed by atoms with E-state index in [-0.39, 0.29) is 11.9 Å². The molecule has 2 aromatic rings. The van der Waals surface area contributed by atoms with E-state index in [9.17, 15) is 4.79 Å². The third kappa shape index (κ3) is 5.19. The summed E-state index contributed by atoms with van der Waals surface area (Å²) in [5.41, 5.74) is 4.34. The van der Waals surface area contributed by atoms with E-state index >= 15 is 0 Å². The fourth-order valence-corrected chi connectivity index (χ4v) is 2.82. The van der Waals surface area contributed by atoms with E-state index in [0.717, 1.165) is 22.1 Å². The van der Waals surface area contributed by atoms with Crippen LogP contribution >= 0.6 is 15.9 Å². The summed E-state index contributed by atoms with van der Waals surface area (Å²) in [7, 11) is 0. The molecule has 0 aromatic heterocycles. The monoisotopic (exact) mass is 374 g/mol. The number of carbonyl (C=O) groups is 1. The van der Waals surface area contributed by atoms with Gasteiger partial charge in [-0.3, -0.25) is 4.79 Å². The molecule has 0 bridgehead atoms. The highest BCUT2D eigenvalue weighted by Crippen LogP contribution is 2.19. The molecule has 0 saturated carbocycles. The molecule has 0 aliphatic carbocycles. The van der Waals surface area contributed by atoms with Gasteiger partial charge in [0.25, 0.3) is 0 Å². The molecule has 2 aromatic carbocycles. The number of halogens is 1. The smallest absolute Gasteiger partial charge is 0.238 e. The lowest BCUT2D eigenvalue weighted by Gasteiger charge is -2.18. The molecule has 0 aliphatic heterocycles. The third-order valence-corrected chi connectivity index (χ3v) is 4.37. The van der Waals surface area contributed by atoms with Gasteiger partial charge in [0.1, 0.15) is 0 Å². The minimum Gasteiger partial charge on any atom is -0.325 e. The molecule has 4 heteroatoms. The van der Waals surface area contributed by atoms with E-state index in [0.29, 0.717) is 6.54 Å². The van der Waals surface area contributed by atoms with Crippen molar-refractivity contribution in [2.24, 2.45) is 0 Å². The minimum absolute atomic E-state index is 0.0208. The third-order valence-electron chi connectivity index (χ3n) is 3.85. The molecule has 23 heavy (non-hydrogen) atoms. The van der Waals surface area contributed by atoms with Crippen LogP contribution in [0.3, 0.4) is 0 Å². The van der Waals surface area contributed by atoms with Crippen molar-refractivity contribution in [3.8, 4) is 0 Å². The van der Waals surface area contributed by atoms with Gasteiger partial charge in [-0.15, -0.1) is 0 Å². The van der Waals surface area contributed by atoms with Crippen LogP contribution in [-0.4, -0.2) is 12.5 Å². The number of carbonyl (C=O) groups excluding carboxylic acids is 1. The van der Waals surface area contributed by atoms with Crippen LogP contribution in [0.2, 0.25) is 0 Å². The summed E-state index contributed by atoms with van der Waals surface area (Å²) in [5.74, 6) is -0.0208. The fraction of sp³-hybridized carbons (Fsp3) is 0.316. The molecule has 2 N–H and O–H groups in total. The van der Waals surface area contributed by atoms with E-state index < -0.39 is 0 Å². The maximum atomic E-state index is 12.2. The van der Waals surface area contributed by atoms with Gasteiger partial charge in [-0.25, -0.2) is 0 Å². The number of aryl methyl sites for hydroxylation is 2. The Morgan fingerprint density at radius 2 is 1.83 bits per heavy atom. The summed E-state index contributed by atoms with van der Waals surface area (Å²) in [5, 5.41) is 6.30. The zero-order valence-electron chi connectivity index (χ0n) is 13.8. The average Bonchev–Trinajstić information content (AvgIpc) is 2.52. The summed E-state index contributed by atoms with van der Waals surface area (Å²) in [4.78, 5) is 12.2. The quantitative estimate of drug-likeness (QED) is 0.765. The van der Waals surface area contributed by atoms with Crippen LogP contribution in [0.25, 0.3) is 0 Å². The van der Waals surface area contributed by atoms with Crippen molar-refractivity contribution < 1.29 is 4.79 Å². The Balaban J connectivity index is 1.93. The van der Waals surface area contributed by atoms with Gasteiger partial charge in [0.15, 0.2) is 0 Å². The zero-order chi connectivity index (χ0) is 16.8.